The molecule has 0 atom stereocenters. The van der Waals surface area contributed by atoms with Crippen molar-refractivity contribution in [1.82, 2.24) is 4.98 Å². The first-order valence-electron chi connectivity index (χ1n) is 8.19. The lowest BCUT2D eigenvalue weighted by Gasteiger charge is -2.12. The minimum atomic E-state index is -0.533. The van der Waals surface area contributed by atoms with Crippen molar-refractivity contribution in [3.63, 3.8) is 0 Å². The Balaban J connectivity index is 2.20. The van der Waals surface area contributed by atoms with Gasteiger partial charge in [0.05, 0.1) is 11.5 Å². The molecule has 7 heteroatoms. The maximum atomic E-state index is 12.5. The number of H-pyrrole nitrogens is 1. The smallest absolute Gasteiger partial charge is 0.269 e. The first-order valence-corrected chi connectivity index (χ1v) is 8.19. The lowest BCUT2D eigenvalue weighted by atomic mass is 9.98. The third-order valence-corrected chi connectivity index (χ3v) is 4.01. The lowest BCUT2D eigenvalue weighted by molar-refractivity contribution is -0.384. The van der Waals surface area contributed by atoms with Gasteiger partial charge in [-0.05, 0) is 36.8 Å². The van der Waals surface area contributed by atoms with Gasteiger partial charge in [-0.1, -0.05) is 18.2 Å². The fraction of sp³-hybridized carbons (Fsp3) is 0.100. The van der Waals surface area contributed by atoms with Crippen LogP contribution in [-0.4, -0.2) is 16.5 Å². The standard InChI is InChI=1S/C20H15N3O4/c1-2-27-19-6-4-3-5-15(19)16-11-18(22-20(24)17(16)12-21)13-7-9-14(10-8-13)23(25)26/h3-11H,2H2,1H3,(H,22,24). The van der Waals surface area contributed by atoms with E-state index < -0.39 is 10.5 Å². The van der Waals surface area contributed by atoms with Crippen LogP contribution in [0.5, 0.6) is 5.75 Å². The Hall–Kier alpha value is -3.92. The van der Waals surface area contributed by atoms with Gasteiger partial charge in [0.2, 0.25) is 0 Å². The zero-order valence-electron chi connectivity index (χ0n) is 14.4. The Morgan fingerprint density at radius 2 is 1.85 bits per heavy atom. The molecule has 0 aliphatic rings. The molecule has 0 saturated carbocycles. The molecule has 0 saturated heterocycles. The second-order valence-corrected chi connectivity index (χ2v) is 5.65. The van der Waals surface area contributed by atoms with Crippen LogP contribution in [0, 0.1) is 21.4 Å². The van der Waals surface area contributed by atoms with Gasteiger partial charge >= 0.3 is 0 Å². The normalized spacial score (nSPS) is 10.2. The molecular formula is C20H15N3O4. The Kier molecular flexibility index (Phi) is 4.99. The molecule has 0 spiro atoms. The van der Waals surface area contributed by atoms with Crippen LogP contribution < -0.4 is 10.3 Å². The molecule has 0 unspecified atom stereocenters. The van der Waals surface area contributed by atoms with E-state index in [1.165, 1.54) is 12.1 Å². The van der Waals surface area contributed by atoms with Gasteiger partial charge in [0, 0.05) is 29.0 Å². The number of benzene rings is 2. The van der Waals surface area contributed by atoms with Crippen molar-refractivity contribution in [3.05, 3.63) is 80.6 Å². The Morgan fingerprint density at radius 3 is 2.48 bits per heavy atom. The molecule has 0 amide bonds. The molecule has 1 N–H and O–H groups in total. The average molecular weight is 361 g/mol. The number of hydrogen-bond donors (Lipinski definition) is 1. The van der Waals surface area contributed by atoms with Crippen molar-refractivity contribution in [1.29, 1.82) is 5.26 Å². The number of nitrogens with zero attached hydrogens (tertiary/aromatic N) is 2. The lowest BCUT2D eigenvalue weighted by Crippen LogP contribution is -2.13. The third-order valence-electron chi connectivity index (χ3n) is 4.01. The predicted octanol–water partition coefficient (Wildman–Crippen LogP) is 3.89. The molecule has 0 radical (unpaired) electrons. The summed E-state index contributed by atoms with van der Waals surface area (Å²) in [5.41, 5.74) is 1.52. The van der Waals surface area contributed by atoms with Crippen molar-refractivity contribution in [2.75, 3.05) is 6.61 Å². The second-order valence-electron chi connectivity index (χ2n) is 5.65. The minimum Gasteiger partial charge on any atom is -0.493 e. The summed E-state index contributed by atoms with van der Waals surface area (Å²) < 4.78 is 5.62. The maximum Gasteiger partial charge on any atom is 0.269 e. The molecular weight excluding hydrogens is 346 g/mol. The number of nitro benzene ring substituents is 1. The van der Waals surface area contributed by atoms with Crippen molar-refractivity contribution >= 4 is 5.69 Å². The van der Waals surface area contributed by atoms with Gasteiger partial charge in [-0.15, -0.1) is 0 Å². The van der Waals surface area contributed by atoms with Crippen LogP contribution in [0.2, 0.25) is 0 Å². The topological polar surface area (TPSA) is 109 Å². The third kappa shape index (κ3) is 3.55. The van der Waals surface area contributed by atoms with E-state index in [9.17, 15) is 20.2 Å². The molecule has 0 aliphatic carbocycles. The van der Waals surface area contributed by atoms with Crippen molar-refractivity contribution < 1.29 is 9.66 Å². The van der Waals surface area contributed by atoms with Crippen LogP contribution in [-0.2, 0) is 0 Å². The quantitative estimate of drug-likeness (QED) is 0.548. The van der Waals surface area contributed by atoms with E-state index in [2.05, 4.69) is 4.98 Å². The van der Waals surface area contributed by atoms with Crippen LogP contribution in [0.25, 0.3) is 22.4 Å². The van der Waals surface area contributed by atoms with E-state index in [0.717, 1.165) is 0 Å². The molecule has 0 fully saturated rings. The number of aromatic nitrogens is 1. The van der Waals surface area contributed by atoms with Crippen molar-refractivity contribution in [2.45, 2.75) is 6.92 Å². The van der Waals surface area contributed by atoms with Gasteiger partial charge in [-0.2, -0.15) is 5.26 Å². The first kappa shape index (κ1) is 17.9. The summed E-state index contributed by atoms with van der Waals surface area (Å²) in [4.78, 5) is 25.5. The number of pyridine rings is 1. The summed E-state index contributed by atoms with van der Waals surface area (Å²) in [7, 11) is 0. The van der Waals surface area contributed by atoms with Gasteiger partial charge in [0.15, 0.2) is 0 Å². The Labute approximate surface area is 154 Å². The molecule has 27 heavy (non-hydrogen) atoms. The highest BCUT2D eigenvalue weighted by Crippen LogP contribution is 2.33. The fourth-order valence-electron chi connectivity index (χ4n) is 2.77. The molecule has 0 bridgehead atoms. The highest BCUT2D eigenvalue weighted by molar-refractivity contribution is 5.79. The number of aromatic amines is 1. The molecule has 1 aromatic heterocycles. The summed E-state index contributed by atoms with van der Waals surface area (Å²) in [6.45, 7) is 2.29. The number of hydrogen-bond acceptors (Lipinski definition) is 5. The van der Waals surface area contributed by atoms with E-state index in [0.29, 0.717) is 34.7 Å². The number of ether oxygens (including phenoxy) is 1. The second kappa shape index (κ2) is 7.54. The summed E-state index contributed by atoms with van der Waals surface area (Å²) in [5, 5.41) is 20.3. The minimum absolute atomic E-state index is 0.0205. The Bertz CT molecular complexity index is 1100. The number of nitrogens with one attached hydrogen (secondary N) is 1. The SMILES string of the molecule is CCOc1ccccc1-c1cc(-c2ccc([N+](=O)[O-])cc2)[nH]c(=O)c1C#N. The van der Waals surface area contributed by atoms with Crippen LogP contribution >= 0.6 is 0 Å². The highest BCUT2D eigenvalue weighted by atomic mass is 16.6. The zero-order chi connectivity index (χ0) is 19.4. The van der Waals surface area contributed by atoms with Crippen molar-refractivity contribution in [2.24, 2.45) is 0 Å². The molecule has 134 valence electrons. The number of rotatable bonds is 5. The monoisotopic (exact) mass is 361 g/mol. The number of para-hydroxylation sites is 1. The maximum absolute atomic E-state index is 12.5. The molecule has 1 heterocycles. The number of nitro groups is 1. The van der Waals surface area contributed by atoms with E-state index in [1.807, 2.05) is 19.1 Å². The van der Waals surface area contributed by atoms with E-state index in [-0.39, 0.29) is 11.3 Å². The molecule has 7 nitrogen and oxygen atoms in total. The van der Waals surface area contributed by atoms with Gasteiger partial charge in [0.1, 0.15) is 17.4 Å². The van der Waals surface area contributed by atoms with Crippen LogP contribution in [0.4, 0.5) is 5.69 Å². The van der Waals surface area contributed by atoms with Crippen LogP contribution in [0.15, 0.2) is 59.4 Å². The van der Waals surface area contributed by atoms with Gasteiger partial charge in [-0.25, -0.2) is 0 Å². The van der Waals surface area contributed by atoms with Crippen LogP contribution in [0.1, 0.15) is 12.5 Å². The first-order chi connectivity index (χ1) is 13.0. The molecule has 2 aromatic carbocycles. The van der Waals surface area contributed by atoms with E-state index >= 15 is 0 Å². The van der Waals surface area contributed by atoms with Gasteiger partial charge in [0.25, 0.3) is 11.2 Å². The van der Waals surface area contributed by atoms with E-state index in [1.54, 1.807) is 36.4 Å². The molecule has 3 aromatic rings. The van der Waals surface area contributed by atoms with Gasteiger partial charge in [-0.3, -0.25) is 14.9 Å². The Morgan fingerprint density at radius 1 is 1.15 bits per heavy atom. The van der Waals surface area contributed by atoms with Crippen molar-refractivity contribution in [3.8, 4) is 34.2 Å². The molecule has 3 rings (SSSR count). The van der Waals surface area contributed by atoms with Gasteiger partial charge < -0.3 is 9.72 Å². The summed E-state index contributed by atoms with van der Waals surface area (Å²) in [6, 6.07) is 16.6. The average Bonchev–Trinajstić information content (AvgIpc) is 2.68. The number of non-ortho nitro benzene ring substituents is 1. The largest absolute Gasteiger partial charge is 0.493 e. The zero-order valence-corrected chi connectivity index (χ0v) is 14.4. The predicted molar refractivity (Wildman–Crippen MR) is 100 cm³/mol. The summed E-state index contributed by atoms with van der Waals surface area (Å²) in [5.74, 6) is 0.566. The summed E-state index contributed by atoms with van der Waals surface area (Å²) in [6.07, 6.45) is 0. The summed E-state index contributed by atoms with van der Waals surface area (Å²) >= 11 is 0. The van der Waals surface area contributed by atoms with E-state index in [4.69, 9.17) is 4.74 Å². The fourth-order valence-corrected chi connectivity index (χ4v) is 2.77. The molecule has 0 aliphatic heterocycles. The van der Waals surface area contributed by atoms with Crippen LogP contribution in [0.3, 0.4) is 0 Å². The number of nitriles is 1. The highest BCUT2D eigenvalue weighted by Gasteiger charge is 2.16.